The molecule has 7 heteroatoms. The molecule has 124 valence electrons. The smallest absolute Gasteiger partial charge is 0.262 e. The van der Waals surface area contributed by atoms with Crippen molar-refractivity contribution in [3.63, 3.8) is 0 Å². The van der Waals surface area contributed by atoms with E-state index in [0.717, 1.165) is 34.5 Å². The zero-order valence-electron chi connectivity index (χ0n) is 13.2. The number of hydrogen-bond donors (Lipinski definition) is 1. The quantitative estimate of drug-likeness (QED) is 0.779. The number of rotatable bonds is 4. The van der Waals surface area contributed by atoms with E-state index < -0.39 is 0 Å². The molecule has 4 rings (SSSR count). The maximum absolute atomic E-state index is 12.8. The van der Waals surface area contributed by atoms with Crippen LogP contribution in [0.4, 0.5) is 0 Å². The zero-order valence-corrected chi connectivity index (χ0v) is 14.9. The van der Waals surface area contributed by atoms with E-state index in [1.165, 1.54) is 15.8 Å². The van der Waals surface area contributed by atoms with Crippen molar-refractivity contribution in [1.29, 1.82) is 0 Å². The monoisotopic (exact) mass is 359 g/mol. The average molecular weight is 359 g/mol. The van der Waals surface area contributed by atoms with E-state index in [2.05, 4.69) is 10.3 Å². The molecule has 0 radical (unpaired) electrons. The Morgan fingerprint density at radius 3 is 3.12 bits per heavy atom. The van der Waals surface area contributed by atoms with Gasteiger partial charge in [0, 0.05) is 9.75 Å². The summed E-state index contributed by atoms with van der Waals surface area (Å²) < 4.78 is 1.42. The lowest BCUT2D eigenvalue weighted by molar-refractivity contribution is -0.122. The first-order valence-corrected chi connectivity index (χ1v) is 9.65. The molecule has 1 amide bonds. The molecule has 0 aromatic carbocycles. The van der Waals surface area contributed by atoms with Crippen LogP contribution in [0.3, 0.4) is 0 Å². The first kappa shape index (κ1) is 15.5. The molecule has 1 unspecified atom stereocenters. The molecule has 24 heavy (non-hydrogen) atoms. The summed E-state index contributed by atoms with van der Waals surface area (Å²) in [5.41, 5.74) is 1.05. The Morgan fingerprint density at radius 2 is 2.33 bits per heavy atom. The molecule has 1 aliphatic carbocycles. The van der Waals surface area contributed by atoms with Gasteiger partial charge in [-0.25, -0.2) is 4.98 Å². The highest BCUT2D eigenvalue weighted by atomic mass is 32.1. The topological polar surface area (TPSA) is 64.0 Å². The van der Waals surface area contributed by atoms with Crippen LogP contribution in [0.5, 0.6) is 0 Å². The number of hydrogen-bond acceptors (Lipinski definition) is 5. The van der Waals surface area contributed by atoms with Gasteiger partial charge in [-0.1, -0.05) is 6.07 Å². The third-order valence-electron chi connectivity index (χ3n) is 4.35. The third-order valence-corrected chi connectivity index (χ3v) is 6.61. The summed E-state index contributed by atoms with van der Waals surface area (Å²) in [7, 11) is 0. The van der Waals surface area contributed by atoms with Crippen molar-refractivity contribution in [3.8, 4) is 0 Å². The van der Waals surface area contributed by atoms with Crippen molar-refractivity contribution in [2.24, 2.45) is 0 Å². The van der Waals surface area contributed by atoms with E-state index in [1.807, 2.05) is 24.4 Å². The highest BCUT2D eigenvalue weighted by molar-refractivity contribution is 7.18. The van der Waals surface area contributed by atoms with E-state index in [-0.39, 0.29) is 24.1 Å². The van der Waals surface area contributed by atoms with E-state index in [4.69, 9.17) is 0 Å². The summed E-state index contributed by atoms with van der Waals surface area (Å²) in [5.74, 6) is -0.175. The second-order valence-corrected chi connectivity index (χ2v) is 8.08. The number of carbonyl (C=O) groups excluding carboxylic acids is 1. The van der Waals surface area contributed by atoms with Gasteiger partial charge in [0.15, 0.2) is 0 Å². The number of amides is 1. The van der Waals surface area contributed by atoms with E-state index in [1.54, 1.807) is 22.7 Å². The first-order valence-electron chi connectivity index (χ1n) is 7.96. The van der Waals surface area contributed by atoms with Crippen LogP contribution in [0.1, 0.15) is 34.7 Å². The van der Waals surface area contributed by atoms with Crippen LogP contribution in [0, 0.1) is 0 Å². The van der Waals surface area contributed by atoms with Crippen molar-refractivity contribution in [3.05, 3.63) is 49.5 Å². The molecule has 5 nitrogen and oxygen atoms in total. The number of thiophene rings is 2. The fourth-order valence-corrected chi connectivity index (χ4v) is 5.14. The Hall–Kier alpha value is -1.99. The summed E-state index contributed by atoms with van der Waals surface area (Å²) in [6, 6.07) is 3.89. The van der Waals surface area contributed by atoms with Gasteiger partial charge in [-0.2, -0.15) is 0 Å². The van der Waals surface area contributed by atoms with Gasteiger partial charge in [0.25, 0.3) is 5.56 Å². The number of aryl methyl sites for hydroxylation is 2. The van der Waals surface area contributed by atoms with Crippen LogP contribution in [0.15, 0.2) is 28.6 Å². The molecule has 3 heterocycles. The number of fused-ring (bicyclic) bond motifs is 3. The fourth-order valence-electron chi connectivity index (χ4n) is 3.18. The number of aromatic nitrogens is 2. The summed E-state index contributed by atoms with van der Waals surface area (Å²) in [5, 5.41) is 5.64. The van der Waals surface area contributed by atoms with Gasteiger partial charge in [-0.15, -0.1) is 22.7 Å². The van der Waals surface area contributed by atoms with Crippen LogP contribution in [0.2, 0.25) is 0 Å². The van der Waals surface area contributed by atoms with Crippen molar-refractivity contribution in [1.82, 2.24) is 14.9 Å². The molecule has 0 spiro atoms. The molecule has 0 saturated carbocycles. The van der Waals surface area contributed by atoms with Gasteiger partial charge in [0.05, 0.1) is 17.8 Å². The molecule has 0 saturated heterocycles. The lowest BCUT2D eigenvalue weighted by atomic mass is 10.2. The van der Waals surface area contributed by atoms with E-state index >= 15 is 0 Å². The third kappa shape index (κ3) is 2.67. The Morgan fingerprint density at radius 1 is 1.46 bits per heavy atom. The minimum absolute atomic E-state index is 0.00209. The summed E-state index contributed by atoms with van der Waals surface area (Å²) in [6.07, 6.45) is 4.57. The molecule has 3 aromatic rings. The van der Waals surface area contributed by atoms with E-state index in [0.29, 0.717) is 5.39 Å². The second-order valence-electron chi connectivity index (χ2n) is 6.02. The van der Waals surface area contributed by atoms with E-state index in [9.17, 15) is 9.59 Å². The summed E-state index contributed by atoms with van der Waals surface area (Å²) in [6.45, 7) is 1.95. The predicted molar refractivity (Wildman–Crippen MR) is 96.8 cm³/mol. The number of nitrogens with one attached hydrogen (secondary N) is 1. The average Bonchev–Trinajstić information content (AvgIpc) is 3.25. The maximum Gasteiger partial charge on any atom is 0.262 e. The Labute approximate surface area is 147 Å². The Balaban J connectivity index is 1.57. The molecule has 0 bridgehead atoms. The van der Waals surface area contributed by atoms with Gasteiger partial charge in [-0.3, -0.25) is 14.2 Å². The zero-order chi connectivity index (χ0) is 16.7. The highest BCUT2D eigenvalue weighted by Gasteiger charge is 2.22. The lowest BCUT2D eigenvalue weighted by Crippen LogP contribution is -2.33. The molecular formula is C17H17N3O2S2. The van der Waals surface area contributed by atoms with Gasteiger partial charge in [0.2, 0.25) is 5.91 Å². The fraction of sp³-hybridized carbons (Fsp3) is 0.353. The first-order chi connectivity index (χ1) is 11.6. The Bertz CT molecular complexity index is 956. The van der Waals surface area contributed by atoms with Gasteiger partial charge in [-0.05, 0) is 43.2 Å². The SMILES string of the molecule is CC(NC(=O)Cn1cnc2sc3c(c2c1=O)CCC3)c1cccs1. The molecular weight excluding hydrogens is 342 g/mol. The van der Waals surface area contributed by atoms with Crippen molar-refractivity contribution >= 4 is 38.8 Å². The molecule has 0 aliphatic heterocycles. The van der Waals surface area contributed by atoms with Crippen LogP contribution in [-0.4, -0.2) is 15.5 Å². The maximum atomic E-state index is 12.8. The molecule has 3 aromatic heterocycles. The predicted octanol–water partition coefficient (Wildman–Crippen LogP) is 2.89. The summed E-state index contributed by atoms with van der Waals surface area (Å²) >= 11 is 3.22. The van der Waals surface area contributed by atoms with Crippen LogP contribution >= 0.6 is 22.7 Å². The molecule has 0 fully saturated rings. The normalized spacial score (nSPS) is 14.7. The van der Waals surface area contributed by atoms with Gasteiger partial charge in [0.1, 0.15) is 11.4 Å². The van der Waals surface area contributed by atoms with Crippen LogP contribution in [0.25, 0.3) is 10.2 Å². The number of nitrogens with zero attached hydrogens (tertiary/aromatic N) is 2. The minimum Gasteiger partial charge on any atom is -0.347 e. The van der Waals surface area contributed by atoms with Crippen LogP contribution < -0.4 is 10.9 Å². The standard InChI is InChI=1S/C17H17N3O2S2/c1-10(12-6-3-7-23-12)19-14(21)8-20-9-18-16-15(17(20)22)11-4-2-5-13(11)24-16/h3,6-7,9-10H,2,4-5,8H2,1H3,(H,19,21). The minimum atomic E-state index is -0.175. The van der Waals surface area contributed by atoms with Crippen LogP contribution in [-0.2, 0) is 24.2 Å². The molecule has 1 aliphatic rings. The Kier molecular flexibility index (Phi) is 3.97. The van der Waals surface area contributed by atoms with Gasteiger partial charge >= 0.3 is 0 Å². The highest BCUT2D eigenvalue weighted by Crippen LogP contribution is 2.34. The van der Waals surface area contributed by atoms with Crippen molar-refractivity contribution in [2.75, 3.05) is 0 Å². The second kappa shape index (κ2) is 6.14. The van der Waals surface area contributed by atoms with Crippen molar-refractivity contribution in [2.45, 2.75) is 38.8 Å². The van der Waals surface area contributed by atoms with Gasteiger partial charge < -0.3 is 5.32 Å². The summed E-state index contributed by atoms with van der Waals surface area (Å²) in [4.78, 5) is 32.6. The largest absolute Gasteiger partial charge is 0.347 e. The molecule has 1 atom stereocenters. The molecule has 1 N–H and O–H groups in total. The van der Waals surface area contributed by atoms with Crippen molar-refractivity contribution < 1.29 is 4.79 Å². The lowest BCUT2D eigenvalue weighted by Gasteiger charge is -2.13. The number of carbonyl (C=O) groups is 1.